The molecule has 2 amide bonds. The molecule has 0 saturated heterocycles. The fourth-order valence-corrected chi connectivity index (χ4v) is 5.95. The van der Waals surface area contributed by atoms with E-state index >= 15 is 0 Å². The van der Waals surface area contributed by atoms with Crippen molar-refractivity contribution in [2.24, 2.45) is 23.2 Å². The molecule has 124 valence electrons. The van der Waals surface area contributed by atoms with Crippen molar-refractivity contribution in [3.8, 4) is 0 Å². The van der Waals surface area contributed by atoms with Gasteiger partial charge in [-0.3, -0.25) is 0 Å². The molecule has 1 aromatic carbocycles. The van der Waals surface area contributed by atoms with Crippen LogP contribution in [-0.4, -0.2) is 12.1 Å². The molecule has 1 unspecified atom stereocenters. The molecule has 23 heavy (non-hydrogen) atoms. The molecule has 0 radical (unpaired) electrons. The average Bonchev–Trinajstić information content (AvgIpc) is 2.45. The standard InChI is InChI=1S/C20H28N2O/c1-13-4-3-5-18(6-13)22-19(23)21-14(2)20-10-15-7-16(11-20)9-17(8-15)12-20/h3-6,14-17H,7-12H2,1-2H3,(H2,21,22,23). The van der Waals surface area contributed by atoms with Crippen molar-refractivity contribution >= 4 is 11.7 Å². The summed E-state index contributed by atoms with van der Waals surface area (Å²) in [6.07, 6.45) is 8.31. The zero-order valence-electron chi connectivity index (χ0n) is 14.3. The summed E-state index contributed by atoms with van der Waals surface area (Å²) in [4.78, 5) is 12.4. The summed E-state index contributed by atoms with van der Waals surface area (Å²) in [5.41, 5.74) is 2.40. The largest absolute Gasteiger partial charge is 0.335 e. The number of urea groups is 1. The van der Waals surface area contributed by atoms with Crippen molar-refractivity contribution in [2.45, 2.75) is 58.4 Å². The van der Waals surface area contributed by atoms with Crippen molar-refractivity contribution in [3.63, 3.8) is 0 Å². The van der Waals surface area contributed by atoms with Gasteiger partial charge >= 0.3 is 6.03 Å². The van der Waals surface area contributed by atoms with E-state index in [1.165, 1.54) is 38.5 Å². The Morgan fingerprint density at radius 2 is 1.74 bits per heavy atom. The molecule has 0 aromatic heterocycles. The molecular weight excluding hydrogens is 284 g/mol. The quantitative estimate of drug-likeness (QED) is 0.833. The van der Waals surface area contributed by atoms with Crippen LogP contribution in [0.1, 0.15) is 51.0 Å². The topological polar surface area (TPSA) is 41.1 Å². The SMILES string of the molecule is Cc1cccc(NC(=O)NC(C)C23CC4CC(CC(C4)C2)C3)c1. The van der Waals surface area contributed by atoms with E-state index in [0.717, 1.165) is 29.0 Å². The second-order valence-corrected chi connectivity index (χ2v) is 8.47. The maximum atomic E-state index is 12.4. The van der Waals surface area contributed by atoms with Gasteiger partial charge in [0.05, 0.1) is 0 Å². The van der Waals surface area contributed by atoms with Crippen molar-refractivity contribution < 1.29 is 4.79 Å². The first-order valence-corrected chi connectivity index (χ1v) is 9.17. The van der Waals surface area contributed by atoms with Gasteiger partial charge in [0.25, 0.3) is 0 Å². The lowest BCUT2D eigenvalue weighted by Crippen LogP contribution is -2.56. The van der Waals surface area contributed by atoms with E-state index in [1.807, 2.05) is 31.2 Å². The second-order valence-electron chi connectivity index (χ2n) is 8.47. The van der Waals surface area contributed by atoms with Gasteiger partial charge in [-0.15, -0.1) is 0 Å². The highest BCUT2D eigenvalue weighted by atomic mass is 16.2. The molecule has 1 aromatic rings. The third kappa shape index (κ3) is 2.86. The summed E-state index contributed by atoms with van der Waals surface area (Å²) >= 11 is 0. The normalized spacial score (nSPS) is 35.8. The number of hydrogen-bond donors (Lipinski definition) is 2. The Morgan fingerprint density at radius 3 is 2.30 bits per heavy atom. The van der Waals surface area contributed by atoms with Crippen molar-refractivity contribution in [1.82, 2.24) is 5.32 Å². The van der Waals surface area contributed by atoms with E-state index < -0.39 is 0 Å². The van der Waals surface area contributed by atoms with E-state index in [9.17, 15) is 4.79 Å². The molecule has 4 fully saturated rings. The van der Waals surface area contributed by atoms with E-state index in [-0.39, 0.29) is 12.1 Å². The summed E-state index contributed by atoms with van der Waals surface area (Å²) < 4.78 is 0. The number of nitrogens with one attached hydrogen (secondary N) is 2. The molecule has 3 nitrogen and oxygen atoms in total. The number of anilines is 1. The van der Waals surface area contributed by atoms with Crippen LogP contribution in [0, 0.1) is 30.1 Å². The first-order valence-electron chi connectivity index (χ1n) is 9.17. The van der Waals surface area contributed by atoms with Crippen LogP contribution >= 0.6 is 0 Å². The molecule has 0 spiro atoms. The van der Waals surface area contributed by atoms with Crippen LogP contribution < -0.4 is 10.6 Å². The summed E-state index contributed by atoms with van der Waals surface area (Å²) in [6, 6.07) is 8.19. The van der Waals surface area contributed by atoms with Crippen molar-refractivity contribution in [3.05, 3.63) is 29.8 Å². The van der Waals surface area contributed by atoms with E-state index in [1.54, 1.807) is 0 Å². The Balaban J connectivity index is 1.41. The molecule has 4 aliphatic rings. The molecule has 5 rings (SSSR count). The smallest absolute Gasteiger partial charge is 0.319 e. The Bertz CT molecular complexity index is 574. The molecule has 0 aliphatic heterocycles. The number of hydrogen-bond acceptors (Lipinski definition) is 1. The zero-order valence-corrected chi connectivity index (χ0v) is 14.3. The second kappa shape index (κ2) is 5.54. The van der Waals surface area contributed by atoms with Crippen LogP contribution in [0.15, 0.2) is 24.3 Å². The highest BCUT2D eigenvalue weighted by Gasteiger charge is 2.53. The Labute approximate surface area is 139 Å². The molecule has 4 aliphatic carbocycles. The van der Waals surface area contributed by atoms with Crippen LogP contribution in [0.25, 0.3) is 0 Å². The Morgan fingerprint density at radius 1 is 1.13 bits per heavy atom. The lowest BCUT2D eigenvalue weighted by atomic mass is 9.48. The Hall–Kier alpha value is -1.51. The molecule has 0 heterocycles. The molecule has 3 heteroatoms. The fraction of sp³-hybridized carbons (Fsp3) is 0.650. The third-order valence-electron chi connectivity index (χ3n) is 6.63. The van der Waals surface area contributed by atoms with Gasteiger partial charge in [-0.05, 0) is 93.2 Å². The lowest BCUT2D eigenvalue weighted by Gasteiger charge is -2.59. The van der Waals surface area contributed by atoms with Crippen LogP contribution in [0.2, 0.25) is 0 Å². The monoisotopic (exact) mass is 312 g/mol. The maximum Gasteiger partial charge on any atom is 0.319 e. The highest BCUT2D eigenvalue weighted by Crippen LogP contribution is 2.61. The number of amides is 2. The first-order chi connectivity index (χ1) is 11.0. The summed E-state index contributed by atoms with van der Waals surface area (Å²) in [5, 5.41) is 6.25. The van der Waals surface area contributed by atoms with Crippen molar-refractivity contribution in [2.75, 3.05) is 5.32 Å². The van der Waals surface area contributed by atoms with Crippen molar-refractivity contribution in [1.29, 1.82) is 0 Å². The predicted molar refractivity (Wildman–Crippen MR) is 93.4 cm³/mol. The van der Waals surface area contributed by atoms with E-state index in [0.29, 0.717) is 5.41 Å². The number of carbonyl (C=O) groups excluding carboxylic acids is 1. The molecule has 1 atom stereocenters. The Kier molecular flexibility index (Phi) is 3.62. The minimum absolute atomic E-state index is 0.0566. The number of aryl methyl sites for hydroxylation is 1. The summed E-state index contributed by atoms with van der Waals surface area (Å²) in [5.74, 6) is 2.76. The van der Waals surface area contributed by atoms with E-state index in [2.05, 4.69) is 17.6 Å². The van der Waals surface area contributed by atoms with Crippen LogP contribution in [0.5, 0.6) is 0 Å². The molecular formula is C20H28N2O. The fourth-order valence-electron chi connectivity index (χ4n) is 5.95. The van der Waals surface area contributed by atoms with Crippen LogP contribution in [0.3, 0.4) is 0 Å². The van der Waals surface area contributed by atoms with Gasteiger partial charge < -0.3 is 10.6 Å². The molecule has 4 bridgehead atoms. The maximum absolute atomic E-state index is 12.4. The lowest BCUT2D eigenvalue weighted by molar-refractivity contribution is -0.0679. The summed E-state index contributed by atoms with van der Waals surface area (Å²) in [7, 11) is 0. The average molecular weight is 312 g/mol. The van der Waals surface area contributed by atoms with Gasteiger partial charge in [-0.1, -0.05) is 12.1 Å². The first kappa shape index (κ1) is 15.0. The number of benzene rings is 1. The molecule has 2 N–H and O–H groups in total. The van der Waals surface area contributed by atoms with Gasteiger partial charge in [0.15, 0.2) is 0 Å². The minimum Gasteiger partial charge on any atom is -0.335 e. The van der Waals surface area contributed by atoms with Gasteiger partial charge in [0.2, 0.25) is 0 Å². The van der Waals surface area contributed by atoms with E-state index in [4.69, 9.17) is 0 Å². The van der Waals surface area contributed by atoms with Gasteiger partial charge in [-0.2, -0.15) is 0 Å². The minimum atomic E-state index is -0.0566. The van der Waals surface area contributed by atoms with Gasteiger partial charge in [0.1, 0.15) is 0 Å². The predicted octanol–water partition coefficient (Wildman–Crippen LogP) is 4.72. The summed E-state index contributed by atoms with van der Waals surface area (Å²) in [6.45, 7) is 4.27. The van der Waals surface area contributed by atoms with Gasteiger partial charge in [0, 0.05) is 11.7 Å². The van der Waals surface area contributed by atoms with Crippen LogP contribution in [-0.2, 0) is 0 Å². The van der Waals surface area contributed by atoms with Gasteiger partial charge in [-0.25, -0.2) is 4.79 Å². The van der Waals surface area contributed by atoms with Crippen LogP contribution in [0.4, 0.5) is 10.5 Å². The zero-order chi connectivity index (χ0) is 16.0. The highest BCUT2D eigenvalue weighted by molar-refractivity contribution is 5.89. The third-order valence-corrected chi connectivity index (χ3v) is 6.63. The number of rotatable bonds is 3. The molecule has 4 saturated carbocycles. The number of carbonyl (C=O) groups is 1.